The maximum Gasteiger partial charge on any atom is 0.255 e. The summed E-state index contributed by atoms with van der Waals surface area (Å²) in [6.07, 6.45) is 3.32. The van der Waals surface area contributed by atoms with Gasteiger partial charge in [0.1, 0.15) is 0 Å². The Morgan fingerprint density at radius 2 is 2.04 bits per heavy atom. The minimum atomic E-state index is -0.0661. The number of carbonyl (C=O) groups is 1. The summed E-state index contributed by atoms with van der Waals surface area (Å²) in [4.78, 5) is 18.4. The molecule has 1 aliphatic carbocycles. The molecule has 1 unspecified atom stereocenters. The van der Waals surface area contributed by atoms with Crippen LogP contribution in [0.2, 0.25) is 0 Å². The number of hydrogen-bond donors (Lipinski definition) is 2. The average Bonchev–Trinajstić information content (AvgIpc) is 2.99. The monoisotopic (exact) mass is 347 g/mol. The maximum absolute atomic E-state index is 12.5. The van der Waals surface area contributed by atoms with E-state index in [4.69, 9.17) is 0 Å². The Labute approximate surface area is 154 Å². The molecule has 0 fully saturated rings. The molecule has 4 rings (SSSR count). The second-order valence-electron chi connectivity index (χ2n) is 7.53. The van der Waals surface area contributed by atoms with Crippen molar-refractivity contribution in [2.45, 2.75) is 32.2 Å². The first-order valence-electron chi connectivity index (χ1n) is 9.19. The molecule has 4 nitrogen and oxygen atoms in total. The zero-order valence-electron chi connectivity index (χ0n) is 15.6. The van der Waals surface area contributed by atoms with Gasteiger partial charge in [0.25, 0.3) is 5.91 Å². The van der Waals surface area contributed by atoms with Crippen molar-refractivity contribution >= 4 is 22.5 Å². The summed E-state index contributed by atoms with van der Waals surface area (Å²) in [5.41, 5.74) is 6.52. The van der Waals surface area contributed by atoms with E-state index in [1.54, 1.807) is 0 Å². The van der Waals surface area contributed by atoms with Crippen molar-refractivity contribution in [1.29, 1.82) is 0 Å². The highest BCUT2D eigenvalue weighted by Crippen LogP contribution is 2.32. The number of benzene rings is 2. The van der Waals surface area contributed by atoms with Gasteiger partial charge in [-0.1, -0.05) is 17.7 Å². The van der Waals surface area contributed by atoms with Gasteiger partial charge in [0.2, 0.25) is 0 Å². The van der Waals surface area contributed by atoms with Gasteiger partial charge in [-0.15, -0.1) is 0 Å². The van der Waals surface area contributed by atoms with Gasteiger partial charge in [-0.25, -0.2) is 0 Å². The Hall–Kier alpha value is -2.59. The predicted octanol–water partition coefficient (Wildman–Crippen LogP) is 4.15. The number of fused-ring (bicyclic) bond motifs is 3. The van der Waals surface area contributed by atoms with E-state index in [1.807, 2.05) is 37.3 Å². The third-order valence-electron chi connectivity index (χ3n) is 5.43. The van der Waals surface area contributed by atoms with Crippen LogP contribution in [0, 0.1) is 6.92 Å². The van der Waals surface area contributed by atoms with Gasteiger partial charge in [-0.05, 0) is 76.2 Å². The van der Waals surface area contributed by atoms with Crippen LogP contribution in [0.3, 0.4) is 0 Å². The van der Waals surface area contributed by atoms with Crippen molar-refractivity contribution in [3.05, 3.63) is 64.8 Å². The molecule has 0 saturated heterocycles. The van der Waals surface area contributed by atoms with Gasteiger partial charge in [-0.2, -0.15) is 0 Å². The molecule has 0 bridgehead atoms. The fourth-order valence-electron chi connectivity index (χ4n) is 3.91. The first-order chi connectivity index (χ1) is 12.5. The topological polar surface area (TPSA) is 48.1 Å². The van der Waals surface area contributed by atoms with Crippen molar-refractivity contribution < 1.29 is 4.79 Å². The molecule has 1 aromatic heterocycles. The number of aromatic nitrogens is 1. The van der Waals surface area contributed by atoms with Crippen LogP contribution in [-0.2, 0) is 12.8 Å². The van der Waals surface area contributed by atoms with E-state index in [0.717, 1.165) is 29.6 Å². The Kier molecular flexibility index (Phi) is 4.29. The largest absolute Gasteiger partial charge is 0.358 e. The van der Waals surface area contributed by atoms with Crippen LogP contribution in [0.1, 0.15) is 33.6 Å². The van der Waals surface area contributed by atoms with E-state index in [1.165, 1.54) is 23.1 Å². The van der Waals surface area contributed by atoms with Crippen LogP contribution in [-0.4, -0.2) is 35.9 Å². The van der Waals surface area contributed by atoms with E-state index >= 15 is 0 Å². The second kappa shape index (κ2) is 6.61. The van der Waals surface area contributed by atoms with Crippen molar-refractivity contribution in [3.63, 3.8) is 0 Å². The number of carbonyl (C=O) groups excluding carboxylic acids is 1. The van der Waals surface area contributed by atoms with Gasteiger partial charge in [-0.3, -0.25) is 4.79 Å². The summed E-state index contributed by atoms with van der Waals surface area (Å²) in [6.45, 7) is 2.00. The Bertz CT molecular complexity index is 971. The van der Waals surface area contributed by atoms with Gasteiger partial charge in [0.05, 0.1) is 0 Å². The van der Waals surface area contributed by atoms with E-state index in [2.05, 4.69) is 41.4 Å². The lowest BCUT2D eigenvalue weighted by molar-refractivity contribution is 0.102. The molecule has 1 amide bonds. The summed E-state index contributed by atoms with van der Waals surface area (Å²) in [5.74, 6) is -0.0661. The van der Waals surface area contributed by atoms with Gasteiger partial charge in [0.15, 0.2) is 0 Å². The molecule has 0 aliphatic heterocycles. The number of aromatic amines is 1. The zero-order chi connectivity index (χ0) is 18.3. The highest BCUT2D eigenvalue weighted by Gasteiger charge is 2.23. The molecule has 0 saturated carbocycles. The summed E-state index contributed by atoms with van der Waals surface area (Å²) in [5, 5.41) is 4.28. The summed E-state index contributed by atoms with van der Waals surface area (Å²) >= 11 is 0. The van der Waals surface area contributed by atoms with Crippen molar-refractivity contribution in [2.75, 3.05) is 19.4 Å². The molecule has 134 valence electrons. The normalized spacial score (nSPS) is 16.7. The molecule has 2 aromatic carbocycles. The lowest BCUT2D eigenvalue weighted by Gasteiger charge is -2.28. The van der Waals surface area contributed by atoms with Crippen LogP contribution >= 0.6 is 0 Å². The number of nitrogens with one attached hydrogen (secondary N) is 2. The Morgan fingerprint density at radius 1 is 1.19 bits per heavy atom. The van der Waals surface area contributed by atoms with Crippen LogP contribution < -0.4 is 5.32 Å². The number of rotatable bonds is 3. The molecule has 0 radical (unpaired) electrons. The van der Waals surface area contributed by atoms with Crippen molar-refractivity contribution in [1.82, 2.24) is 9.88 Å². The highest BCUT2D eigenvalue weighted by atomic mass is 16.1. The van der Waals surface area contributed by atoms with E-state index in [9.17, 15) is 4.79 Å². The Morgan fingerprint density at radius 3 is 2.81 bits per heavy atom. The maximum atomic E-state index is 12.5. The minimum absolute atomic E-state index is 0.0661. The molecule has 1 heterocycles. The van der Waals surface area contributed by atoms with Crippen LogP contribution in [0.15, 0.2) is 42.5 Å². The first kappa shape index (κ1) is 16.9. The molecule has 1 aliphatic rings. The first-order valence-corrected chi connectivity index (χ1v) is 9.19. The van der Waals surface area contributed by atoms with Gasteiger partial charge in [0, 0.05) is 33.9 Å². The lowest BCUT2D eigenvalue weighted by Crippen LogP contribution is -2.33. The number of amides is 1. The fraction of sp³-hybridized carbons (Fsp3) is 0.318. The third kappa shape index (κ3) is 3.13. The average molecular weight is 347 g/mol. The second-order valence-corrected chi connectivity index (χ2v) is 7.53. The van der Waals surface area contributed by atoms with E-state index < -0.39 is 0 Å². The van der Waals surface area contributed by atoms with Crippen molar-refractivity contribution in [2.24, 2.45) is 0 Å². The molecule has 2 N–H and O–H groups in total. The summed E-state index contributed by atoms with van der Waals surface area (Å²) < 4.78 is 0. The molecule has 1 atom stereocenters. The number of hydrogen-bond acceptors (Lipinski definition) is 2. The summed E-state index contributed by atoms with van der Waals surface area (Å²) in [6, 6.07) is 14.4. The van der Waals surface area contributed by atoms with E-state index in [-0.39, 0.29) is 5.91 Å². The number of nitrogens with zero attached hydrogens (tertiary/aromatic N) is 1. The molecule has 26 heavy (non-hydrogen) atoms. The standard InChI is InChI=1S/C22H25N3O/c1-14-5-4-6-15(11-14)22(26)23-16-7-9-20-18(12-16)19-13-17(25(2)3)8-10-21(19)24-20/h4-7,9,11-12,17,24H,8,10,13H2,1-3H3,(H,23,26). The molecular formula is C22H25N3O. The molecule has 0 spiro atoms. The molecular weight excluding hydrogens is 322 g/mol. The number of anilines is 1. The quantitative estimate of drug-likeness (QED) is 0.748. The zero-order valence-corrected chi connectivity index (χ0v) is 15.6. The third-order valence-corrected chi connectivity index (χ3v) is 5.43. The fourth-order valence-corrected chi connectivity index (χ4v) is 3.91. The number of aryl methyl sites for hydroxylation is 2. The summed E-state index contributed by atoms with van der Waals surface area (Å²) in [7, 11) is 4.30. The smallest absolute Gasteiger partial charge is 0.255 e. The number of H-pyrrole nitrogens is 1. The predicted molar refractivity (Wildman–Crippen MR) is 107 cm³/mol. The van der Waals surface area contributed by atoms with Crippen LogP contribution in [0.5, 0.6) is 0 Å². The Balaban J connectivity index is 1.63. The lowest BCUT2D eigenvalue weighted by atomic mass is 9.91. The molecule has 4 heteroatoms. The molecule has 3 aromatic rings. The van der Waals surface area contributed by atoms with Crippen LogP contribution in [0.4, 0.5) is 5.69 Å². The van der Waals surface area contributed by atoms with E-state index in [0.29, 0.717) is 11.6 Å². The van der Waals surface area contributed by atoms with Gasteiger partial charge >= 0.3 is 0 Å². The number of likely N-dealkylation sites (N-methyl/N-ethyl adjacent to an activating group) is 1. The van der Waals surface area contributed by atoms with Crippen LogP contribution in [0.25, 0.3) is 10.9 Å². The minimum Gasteiger partial charge on any atom is -0.358 e. The highest BCUT2D eigenvalue weighted by molar-refractivity contribution is 6.05. The SMILES string of the molecule is Cc1cccc(C(=O)Nc2ccc3[nH]c4c(c3c2)CC(N(C)C)CC4)c1. The van der Waals surface area contributed by atoms with Gasteiger partial charge < -0.3 is 15.2 Å². The van der Waals surface area contributed by atoms with Crippen molar-refractivity contribution in [3.8, 4) is 0 Å².